The van der Waals surface area contributed by atoms with Gasteiger partial charge in [0.2, 0.25) is 5.91 Å². The maximum Gasteiger partial charge on any atom is 0.265 e. The Balaban J connectivity index is 1.20. The summed E-state index contributed by atoms with van der Waals surface area (Å²) in [4.78, 5) is 31.5. The number of nitrogens with zero attached hydrogens (tertiary/aromatic N) is 6. The summed E-state index contributed by atoms with van der Waals surface area (Å²) in [5.41, 5.74) is 1.91. The molecule has 0 spiro atoms. The lowest BCUT2D eigenvalue weighted by Crippen LogP contribution is -2.49. The van der Waals surface area contributed by atoms with Crippen LogP contribution in [0.4, 0.5) is 11.4 Å². The number of carbonyl (C=O) groups excluding carboxylic acids is 2. The fraction of sp³-hybridized carbons (Fsp3) is 0.360. The number of para-hydroxylation sites is 3. The topological polar surface area (TPSA) is 83.8 Å². The van der Waals surface area contributed by atoms with Crippen molar-refractivity contribution in [3.63, 3.8) is 0 Å². The molecular formula is C25H28N6O3S. The Hall–Kier alpha value is -3.53. The average molecular weight is 493 g/mol. The summed E-state index contributed by atoms with van der Waals surface area (Å²) in [5.74, 6) is 1.59. The van der Waals surface area contributed by atoms with Crippen LogP contribution in [0.1, 0.15) is 18.8 Å². The van der Waals surface area contributed by atoms with E-state index < -0.39 is 0 Å². The zero-order valence-corrected chi connectivity index (χ0v) is 20.6. The van der Waals surface area contributed by atoms with Crippen LogP contribution in [-0.4, -0.2) is 70.0 Å². The minimum Gasteiger partial charge on any atom is -0.482 e. The highest BCUT2D eigenvalue weighted by atomic mass is 32.2. The predicted octanol–water partition coefficient (Wildman–Crippen LogP) is 2.74. The Morgan fingerprint density at radius 1 is 1.03 bits per heavy atom. The van der Waals surface area contributed by atoms with Gasteiger partial charge >= 0.3 is 0 Å². The van der Waals surface area contributed by atoms with Gasteiger partial charge in [-0.3, -0.25) is 14.5 Å². The molecule has 1 saturated heterocycles. The Morgan fingerprint density at radius 3 is 2.51 bits per heavy atom. The van der Waals surface area contributed by atoms with Crippen molar-refractivity contribution >= 4 is 35.0 Å². The number of hydrogen-bond acceptors (Lipinski definition) is 7. The van der Waals surface area contributed by atoms with Gasteiger partial charge in [-0.05, 0) is 31.2 Å². The van der Waals surface area contributed by atoms with Gasteiger partial charge in [0.1, 0.15) is 5.75 Å². The average Bonchev–Trinajstić information content (AvgIpc) is 3.27. The summed E-state index contributed by atoms with van der Waals surface area (Å²) >= 11 is 1.37. The molecule has 0 N–H and O–H groups in total. The van der Waals surface area contributed by atoms with Crippen molar-refractivity contribution in [2.75, 3.05) is 48.3 Å². The van der Waals surface area contributed by atoms with Crippen molar-refractivity contribution in [3.8, 4) is 5.75 Å². The van der Waals surface area contributed by atoms with Crippen molar-refractivity contribution in [3.05, 3.63) is 60.4 Å². The second-order valence-electron chi connectivity index (χ2n) is 8.59. The first-order chi connectivity index (χ1) is 17.0. The Labute approximate surface area is 208 Å². The molecule has 5 rings (SSSR count). The standard InChI is InChI=1S/C25H28N6O3S/c1-18(31-20-10-6-7-11-21(20)34-16-22(31)32)24-26-27-25(28(24)2)35-17-23(33)30-14-12-29(13-15-30)19-8-4-3-5-9-19/h3-11,18H,12-17H2,1-2H3. The third kappa shape index (κ3) is 4.70. The maximum absolute atomic E-state index is 12.9. The fourth-order valence-corrected chi connectivity index (χ4v) is 5.37. The first-order valence-corrected chi connectivity index (χ1v) is 12.6. The van der Waals surface area contributed by atoms with Crippen molar-refractivity contribution < 1.29 is 14.3 Å². The highest BCUT2D eigenvalue weighted by Gasteiger charge is 2.33. The van der Waals surface area contributed by atoms with Crippen LogP contribution in [0.2, 0.25) is 0 Å². The van der Waals surface area contributed by atoms with E-state index in [4.69, 9.17) is 4.74 Å². The number of amides is 2. The maximum atomic E-state index is 12.9. The van der Waals surface area contributed by atoms with Gasteiger partial charge in [-0.1, -0.05) is 42.1 Å². The summed E-state index contributed by atoms with van der Waals surface area (Å²) in [6, 6.07) is 17.4. The molecule has 3 heterocycles. The first-order valence-electron chi connectivity index (χ1n) is 11.7. The molecule has 0 radical (unpaired) electrons. The van der Waals surface area contributed by atoms with E-state index in [1.54, 1.807) is 4.90 Å². The van der Waals surface area contributed by atoms with E-state index >= 15 is 0 Å². The van der Waals surface area contributed by atoms with E-state index in [9.17, 15) is 9.59 Å². The molecule has 9 nitrogen and oxygen atoms in total. The molecular weight excluding hydrogens is 464 g/mol. The van der Waals surface area contributed by atoms with Crippen molar-refractivity contribution in [1.82, 2.24) is 19.7 Å². The van der Waals surface area contributed by atoms with Crippen LogP contribution in [-0.2, 0) is 16.6 Å². The molecule has 2 aromatic carbocycles. The zero-order valence-electron chi connectivity index (χ0n) is 19.8. The normalized spacial score (nSPS) is 16.6. The van der Waals surface area contributed by atoms with E-state index in [2.05, 4.69) is 27.2 Å². The van der Waals surface area contributed by atoms with Gasteiger partial charge in [0.05, 0.1) is 17.5 Å². The largest absolute Gasteiger partial charge is 0.482 e. The van der Waals surface area contributed by atoms with Gasteiger partial charge in [-0.15, -0.1) is 10.2 Å². The first kappa shape index (κ1) is 23.2. The lowest BCUT2D eigenvalue weighted by Gasteiger charge is -2.36. The third-order valence-corrected chi connectivity index (χ3v) is 7.46. The van der Waals surface area contributed by atoms with Crippen LogP contribution in [0.5, 0.6) is 5.75 Å². The fourth-order valence-electron chi connectivity index (χ4n) is 4.55. The molecule has 1 atom stereocenters. The molecule has 1 unspecified atom stereocenters. The molecule has 1 aromatic heterocycles. The highest BCUT2D eigenvalue weighted by Crippen LogP contribution is 2.37. The summed E-state index contributed by atoms with van der Waals surface area (Å²) < 4.78 is 7.42. The van der Waals surface area contributed by atoms with Crippen LogP contribution < -0.4 is 14.5 Å². The van der Waals surface area contributed by atoms with Gasteiger partial charge in [0.15, 0.2) is 17.6 Å². The molecule has 35 heavy (non-hydrogen) atoms. The molecule has 182 valence electrons. The van der Waals surface area contributed by atoms with Gasteiger partial charge in [-0.25, -0.2) is 0 Å². The summed E-state index contributed by atoms with van der Waals surface area (Å²) in [5, 5.41) is 9.32. The van der Waals surface area contributed by atoms with Gasteiger partial charge in [-0.2, -0.15) is 0 Å². The van der Waals surface area contributed by atoms with Gasteiger partial charge in [0, 0.05) is 38.9 Å². The lowest BCUT2D eigenvalue weighted by atomic mass is 10.1. The molecule has 2 aliphatic heterocycles. The summed E-state index contributed by atoms with van der Waals surface area (Å²) in [6.07, 6.45) is 0. The van der Waals surface area contributed by atoms with Crippen LogP contribution in [0, 0.1) is 0 Å². The van der Waals surface area contributed by atoms with E-state index in [1.165, 1.54) is 17.4 Å². The number of aromatic nitrogens is 3. The number of fused-ring (bicyclic) bond motifs is 1. The Kier molecular flexibility index (Phi) is 6.63. The van der Waals surface area contributed by atoms with E-state index in [1.807, 2.05) is 65.9 Å². The lowest BCUT2D eigenvalue weighted by molar-refractivity contribution is -0.128. The smallest absolute Gasteiger partial charge is 0.265 e. The number of rotatable bonds is 6. The highest BCUT2D eigenvalue weighted by molar-refractivity contribution is 7.99. The molecule has 3 aromatic rings. The second kappa shape index (κ2) is 9.99. The number of benzene rings is 2. The molecule has 2 amide bonds. The Bertz CT molecular complexity index is 1210. The predicted molar refractivity (Wildman–Crippen MR) is 135 cm³/mol. The number of thioether (sulfide) groups is 1. The zero-order chi connectivity index (χ0) is 24.4. The molecule has 1 fully saturated rings. The third-order valence-electron chi connectivity index (χ3n) is 6.45. The summed E-state index contributed by atoms with van der Waals surface area (Å²) in [6.45, 7) is 4.97. The van der Waals surface area contributed by atoms with E-state index in [-0.39, 0.29) is 24.5 Å². The number of ether oxygens (including phenoxy) is 1. The van der Waals surface area contributed by atoms with Crippen molar-refractivity contribution in [1.29, 1.82) is 0 Å². The van der Waals surface area contributed by atoms with Crippen LogP contribution in [0.15, 0.2) is 59.8 Å². The number of piperazine rings is 1. The molecule has 10 heteroatoms. The molecule has 0 saturated carbocycles. The SMILES string of the molecule is CC(c1nnc(SCC(=O)N2CCN(c3ccccc3)CC2)n1C)N1C(=O)COc2ccccc21. The number of hydrogen-bond donors (Lipinski definition) is 0. The number of anilines is 2. The van der Waals surface area contributed by atoms with Crippen molar-refractivity contribution in [2.24, 2.45) is 7.05 Å². The minimum atomic E-state index is -0.332. The van der Waals surface area contributed by atoms with Crippen LogP contribution in [0.25, 0.3) is 0 Å². The Morgan fingerprint density at radius 2 is 1.74 bits per heavy atom. The van der Waals surface area contributed by atoms with Crippen LogP contribution >= 0.6 is 11.8 Å². The summed E-state index contributed by atoms with van der Waals surface area (Å²) in [7, 11) is 1.87. The van der Waals surface area contributed by atoms with E-state index in [0.717, 1.165) is 18.8 Å². The van der Waals surface area contributed by atoms with Crippen molar-refractivity contribution in [2.45, 2.75) is 18.1 Å². The second-order valence-corrected chi connectivity index (χ2v) is 9.53. The quantitative estimate of drug-likeness (QED) is 0.489. The van der Waals surface area contributed by atoms with Crippen LogP contribution in [0.3, 0.4) is 0 Å². The monoisotopic (exact) mass is 492 g/mol. The van der Waals surface area contributed by atoms with E-state index in [0.29, 0.717) is 35.6 Å². The molecule has 0 bridgehead atoms. The molecule has 2 aliphatic rings. The van der Waals surface area contributed by atoms with Gasteiger partial charge in [0.25, 0.3) is 5.91 Å². The van der Waals surface area contributed by atoms with Gasteiger partial charge < -0.3 is 19.1 Å². The minimum absolute atomic E-state index is 0.00709. The number of carbonyl (C=O) groups is 2. The molecule has 0 aliphatic carbocycles.